The van der Waals surface area contributed by atoms with E-state index in [4.69, 9.17) is 16.9 Å². The maximum Gasteiger partial charge on any atom is 0.181 e. The smallest absolute Gasteiger partial charge is 0.181 e. The van der Waals surface area contributed by atoms with Crippen molar-refractivity contribution < 1.29 is 8.42 Å². The van der Waals surface area contributed by atoms with Crippen molar-refractivity contribution in [3.05, 3.63) is 24.0 Å². The number of hydrogen-bond acceptors (Lipinski definition) is 4. The van der Waals surface area contributed by atoms with Crippen molar-refractivity contribution in [2.24, 2.45) is 0 Å². The summed E-state index contributed by atoms with van der Waals surface area (Å²) in [6.07, 6.45) is 2.95. The Morgan fingerprint density at radius 2 is 2.27 bits per heavy atom. The van der Waals surface area contributed by atoms with Gasteiger partial charge in [-0.25, -0.2) is 8.42 Å². The number of sulfone groups is 1. The molecule has 0 aliphatic heterocycles. The summed E-state index contributed by atoms with van der Waals surface area (Å²) in [5, 5.41) is 8.74. The van der Waals surface area contributed by atoms with Gasteiger partial charge in [0.15, 0.2) is 9.84 Å². The molecule has 6 heteroatoms. The van der Waals surface area contributed by atoms with Crippen LogP contribution in [0, 0.1) is 11.3 Å². The molecule has 4 nitrogen and oxygen atoms in total. The summed E-state index contributed by atoms with van der Waals surface area (Å²) in [6.45, 7) is 0. The molecule has 0 unspecified atom stereocenters. The standard InChI is InChI=1S/C9H9ClN2O2S/c10-3-1-5-15(13,14)9-7-12-4-2-8(9)6-11/h2,4,7H,1,3,5H2. The largest absolute Gasteiger partial charge is 0.263 e. The van der Waals surface area contributed by atoms with Gasteiger partial charge in [-0.2, -0.15) is 5.26 Å². The Bertz CT molecular complexity index is 479. The first kappa shape index (κ1) is 12.0. The second-order valence-corrected chi connectivity index (χ2v) is 5.30. The fraction of sp³-hybridized carbons (Fsp3) is 0.333. The summed E-state index contributed by atoms with van der Waals surface area (Å²) in [6, 6.07) is 3.21. The fourth-order valence-electron chi connectivity index (χ4n) is 1.07. The van der Waals surface area contributed by atoms with Gasteiger partial charge in [0.2, 0.25) is 0 Å². The van der Waals surface area contributed by atoms with Gasteiger partial charge in [-0.1, -0.05) is 0 Å². The molecule has 0 fully saturated rings. The van der Waals surface area contributed by atoms with E-state index >= 15 is 0 Å². The van der Waals surface area contributed by atoms with Crippen LogP contribution in [0.2, 0.25) is 0 Å². The van der Waals surface area contributed by atoms with Crippen LogP contribution in [0.15, 0.2) is 23.4 Å². The number of hydrogen-bond donors (Lipinski definition) is 0. The summed E-state index contributed by atoms with van der Waals surface area (Å²) >= 11 is 5.42. The van der Waals surface area contributed by atoms with Gasteiger partial charge in [-0.05, 0) is 12.5 Å². The van der Waals surface area contributed by atoms with E-state index < -0.39 is 9.84 Å². The Morgan fingerprint density at radius 3 is 2.87 bits per heavy atom. The van der Waals surface area contributed by atoms with Crippen LogP contribution < -0.4 is 0 Å². The lowest BCUT2D eigenvalue weighted by Gasteiger charge is -2.03. The van der Waals surface area contributed by atoms with Crippen molar-refractivity contribution in [1.29, 1.82) is 5.26 Å². The molecule has 0 amide bonds. The molecule has 0 atom stereocenters. The van der Waals surface area contributed by atoms with Crippen LogP contribution in [-0.2, 0) is 9.84 Å². The first-order valence-electron chi connectivity index (χ1n) is 4.24. The lowest BCUT2D eigenvalue weighted by atomic mass is 10.3. The number of nitriles is 1. The van der Waals surface area contributed by atoms with Crippen molar-refractivity contribution in [2.45, 2.75) is 11.3 Å². The first-order chi connectivity index (χ1) is 7.11. The van der Waals surface area contributed by atoms with Gasteiger partial charge in [-0.3, -0.25) is 4.98 Å². The number of halogens is 1. The number of nitrogens with zero attached hydrogens (tertiary/aromatic N) is 2. The molecule has 0 saturated heterocycles. The molecule has 0 spiro atoms. The second-order valence-electron chi connectivity index (χ2n) is 2.85. The maximum absolute atomic E-state index is 11.7. The molecule has 1 heterocycles. The van der Waals surface area contributed by atoms with E-state index in [2.05, 4.69) is 4.98 Å². The molecule has 0 aliphatic rings. The van der Waals surface area contributed by atoms with Crippen molar-refractivity contribution in [3.8, 4) is 6.07 Å². The Labute approximate surface area is 93.4 Å². The zero-order chi connectivity index (χ0) is 11.3. The molecule has 0 saturated carbocycles. The van der Waals surface area contributed by atoms with E-state index in [0.29, 0.717) is 6.42 Å². The molecule has 1 aromatic rings. The SMILES string of the molecule is N#Cc1ccncc1S(=O)(=O)CCCCl. The monoisotopic (exact) mass is 244 g/mol. The predicted molar refractivity (Wildman–Crippen MR) is 56.3 cm³/mol. The van der Waals surface area contributed by atoms with Crippen LogP contribution in [0.1, 0.15) is 12.0 Å². The molecule has 1 aromatic heterocycles. The quantitative estimate of drug-likeness (QED) is 0.750. The van der Waals surface area contributed by atoms with E-state index in [1.807, 2.05) is 6.07 Å². The normalized spacial score (nSPS) is 10.9. The lowest BCUT2D eigenvalue weighted by Crippen LogP contribution is -2.09. The summed E-state index contributed by atoms with van der Waals surface area (Å²) in [5.74, 6) is 0.220. The van der Waals surface area contributed by atoms with Gasteiger partial charge < -0.3 is 0 Å². The molecule has 15 heavy (non-hydrogen) atoms. The van der Waals surface area contributed by atoms with E-state index in [1.54, 1.807) is 0 Å². The van der Waals surface area contributed by atoms with E-state index in [0.717, 1.165) is 0 Å². The van der Waals surface area contributed by atoms with Crippen molar-refractivity contribution in [2.75, 3.05) is 11.6 Å². The van der Waals surface area contributed by atoms with E-state index in [1.165, 1.54) is 18.5 Å². The average Bonchev–Trinajstić information content (AvgIpc) is 2.26. The Balaban J connectivity index is 3.11. The van der Waals surface area contributed by atoms with Gasteiger partial charge in [0.1, 0.15) is 11.0 Å². The Kier molecular flexibility index (Phi) is 4.06. The number of alkyl halides is 1. The minimum Gasteiger partial charge on any atom is -0.263 e. The highest BCUT2D eigenvalue weighted by Crippen LogP contribution is 2.15. The van der Waals surface area contributed by atoms with Crippen molar-refractivity contribution >= 4 is 21.4 Å². The van der Waals surface area contributed by atoms with Crippen LogP contribution in [0.3, 0.4) is 0 Å². The highest BCUT2D eigenvalue weighted by atomic mass is 35.5. The zero-order valence-corrected chi connectivity index (χ0v) is 9.42. The third kappa shape index (κ3) is 2.91. The Hall–Kier alpha value is -1.12. The van der Waals surface area contributed by atoms with Crippen molar-refractivity contribution in [3.63, 3.8) is 0 Å². The fourth-order valence-corrected chi connectivity index (χ4v) is 2.78. The minimum absolute atomic E-state index is 0.0161. The van der Waals surface area contributed by atoms with E-state index in [9.17, 15) is 8.42 Å². The van der Waals surface area contributed by atoms with Crippen LogP contribution >= 0.6 is 11.6 Å². The minimum atomic E-state index is -3.43. The van der Waals surface area contributed by atoms with Gasteiger partial charge in [0.05, 0.1) is 11.3 Å². The number of aromatic nitrogens is 1. The molecular weight excluding hydrogens is 236 g/mol. The second kappa shape index (κ2) is 5.10. The topological polar surface area (TPSA) is 70.8 Å². The van der Waals surface area contributed by atoms with Gasteiger partial charge in [0, 0.05) is 18.3 Å². The molecule has 0 aliphatic carbocycles. The number of rotatable bonds is 4. The third-order valence-electron chi connectivity index (χ3n) is 1.79. The maximum atomic E-state index is 11.7. The summed E-state index contributed by atoms with van der Waals surface area (Å²) < 4.78 is 23.4. The Morgan fingerprint density at radius 1 is 1.53 bits per heavy atom. The molecule has 80 valence electrons. The molecular formula is C9H9ClN2O2S. The summed E-state index contributed by atoms with van der Waals surface area (Å²) in [7, 11) is -3.43. The molecule has 0 aromatic carbocycles. The first-order valence-corrected chi connectivity index (χ1v) is 6.43. The number of pyridine rings is 1. The highest BCUT2D eigenvalue weighted by molar-refractivity contribution is 7.91. The lowest BCUT2D eigenvalue weighted by molar-refractivity contribution is 0.594. The molecule has 0 N–H and O–H groups in total. The van der Waals surface area contributed by atoms with Crippen LogP contribution in [-0.4, -0.2) is 25.0 Å². The average molecular weight is 245 g/mol. The third-order valence-corrected chi connectivity index (χ3v) is 3.88. The van der Waals surface area contributed by atoms with Gasteiger partial charge >= 0.3 is 0 Å². The summed E-state index contributed by atoms with van der Waals surface area (Å²) in [4.78, 5) is 3.69. The molecule has 0 bridgehead atoms. The van der Waals surface area contributed by atoms with Crippen LogP contribution in [0.4, 0.5) is 0 Å². The van der Waals surface area contributed by atoms with Crippen LogP contribution in [0.5, 0.6) is 0 Å². The zero-order valence-electron chi connectivity index (χ0n) is 7.85. The highest BCUT2D eigenvalue weighted by Gasteiger charge is 2.18. The van der Waals surface area contributed by atoms with E-state index in [-0.39, 0.29) is 22.1 Å². The van der Waals surface area contributed by atoms with Gasteiger partial charge in [0.25, 0.3) is 0 Å². The summed E-state index contributed by atoms with van der Waals surface area (Å²) in [5.41, 5.74) is 0.125. The van der Waals surface area contributed by atoms with Crippen LogP contribution in [0.25, 0.3) is 0 Å². The molecule has 0 radical (unpaired) electrons. The van der Waals surface area contributed by atoms with Gasteiger partial charge in [-0.15, -0.1) is 11.6 Å². The van der Waals surface area contributed by atoms with Crippen molar-refractivity contribution in [1.82, 2.24) is 4.98 Å². The molecule has 1 rings (SSSR count). The predicted octanol–water partition coefficient (Wildman–Crippen LogP) is 1.36.